The first kappa shape index (κ1) is 12.9. The van der Waals surface area contributed by atoms with Crippen molar-refractivity contribution in [2.24, 2.45) is 0 Å². The number of rotatable bonds is 2. The van der Waals surface area contributed by atoms with Gasteiger partial charge in [0.1, 0.15) is 5.65 Å². The molecule has 8 nitrogen and oxygen atoms in total. The molecule has 0 saturated heterocycles. The number of H-pyrrole nitrogens is 1. The van der Waals surface area contributed by atoms with Gasteiger partial charge in [0.15, 0.2) is 0 Å². The van der Waals surface area contributed by atoms with Crippen LogP contribution in [0.2, 0.25) is 0 Å². The summed E-state index contributed by atoms with van der Waals surface area (Å²) in [5.74, 6) is -0.273. The predicted molar refractivity (Wildman–Crippen MR) is 74.3 cm³/mol. The van der Waals surface area contributed by atoms with E-state index in [1.807, 2.05) is 0 Å². The predicted octanol–water partition coefficient (Wildman–Crippen LogP) is 1.61. The molecule has 0 radical (unpaired) electrons. The lowest BCUT2D eigenvalue weighted by Crippen LogP contribution is -2.07. The maximum atomic E-state index is 11.5. The van der Waals surface area contributed by atoms with Crippen molar-refractivity contribution < 1.29 is 10.0 Å². The number of hydrogen-bond acceptors (Lipinski definition) is 5. The molecule has 2 N–H and O–H groups in total. The van der Waals surface area contributed by atoms with Crippen molar-refractivity contribution in [1.82, 2.24) is 14.6 Å². The number of nitro groups is 1. The minimum absolute atomic E-state index is 0.0239. The van der Waals surface area contributed by atoms with Crippen LogP contribution in [-0.4, -0.2) is 24.6 Å². The third kappa shape index (κ3) is 2.02. The molecule has 2 aromatic heterocycles. The highest BCUT2D eigenvalue weighted by Gasteiger charge is 2.16. The Morgan fingerprint density at radius 3 is 2.62 bits per heavy atom. The second-order valence-corrected chi connectivity index (χ2v) is 4.52. The van der Waals surface area contributed by atoms with E-state index in [2.05, 4.69) is 10.1 Å². The fraction of sp³-hybridized carbons (Fsp3) is 0.0769. The number of nitro benzene ring substituents is 1. The summed E-state index contributed by atoms with van der Waals surface area (Å²) in [6.07, 6.45) is 0. The molecule has 0 unspecified atom stereocenters. The van der Waals surface area contributed by atoms with Crippen molar-refractivity contribution >= 4 is 11.3 Å². The van der Waals surface area contributed by atoms with Crippen LogP contribution >= 0.6 is 0 Å². The smallest absolute Gasteiger partial charge is 0.269 e. The molecule has 0 fully saturated rings. The normalized spacial score (nSPS) is 10.9. The van der Waals surface area contributed by atoms with Gasteiger partial charge in [-0.1, -0.05) is 0 Å². The average Bonchev–Trinajstić information content (AvgIpc) is 2.75. The molecule has 106 valence electrons. The summed E-state index contributed by atoms with van der Waals surface area (Å²) < 4.78 is 1.22. The summed E-state index contributed by atoms with van der Waals surface area (Å²) in [7, 11) is 0. The van der Waals surface area contributed by atoms with Crippen molar-refractivity contribution in [3.8, 4) is 17.0 Å². The number of hydrogen-bond donors (Lipinski definition) is 2. The molecule has 2 heterocycles. The topological polar surface area (TPSA) is 114 Å². The lowest BCUT2D eigenvalue weighted by atomic mass is 10.1. The van der Waals surface area contributed by atoms with E-state index in [0.717, 1.165) is 6.07 Å². The molecule has 0 atom stereocenters. The molecule has 0 saturated carbocycles. The van der Waals surface area contributed by atoms with Crippen LogP contribution in [0.5, 0.6) is 5.88 Å². The number of nitrogens with zero attached hydrogens (tertiary/aromatic N) is 3. The van der Waals surface area contributed by atoms with Gasteiger partial charge >= 0.3 is 0 Å². The largest absolute Gasteiger partial charge is 0.493 e. The summed E-state index contributed by atoms with van der Waals surface area (Å²) in [6.45, 7) is 1.72. The first-order chi connectivity index (χ1) is 9.97. The van der Waals surface area contributed by atoms with E-state index >= 15 is 0 Å². The van der Waals surface area contributed by atoms with Crippen LogP contribution in [0.4, 0.5) is 5.69 Å². The molecule has 0 spiro atoms. The molecular formula is C13H10N4O4. The first-order valence-electron chi connectivity index (χ1n) is 6.04. The van der Waals surface area contributed by atoms with Crippen LogP contribution in [0, 0.1) is 17.0 Å². The molecule has 8 heteroatoms. The van der Waals surface area contributed by atoms with Gasteiger partial charge in [0.2, 0.25) is 5.88 Å². The Balaban J connectivity index is 2.27. The third-order valence-electron chi connectivity index (χ3n) is 3.15. The van der Waals surface area contributed by atoms with E-state index < -0.39 is 10.5 Å². The van der Waals surface area contributed by atoms with Crippen LogP contribution in [0.1, 0.15) is 5.69 Å². The van der Waals surface area contributed by atoms with E-state index in [0.29, 0.717) is 22.5 Å². The fourth-order valence-corrected chi connectivity index (χ4v) is 2.24. The van der Waals surface area contributed by atoms with Gasteiger partial charge < -0.3 is 10.1 Å². The molecular weight excluding hydrogens is 276 g/mol. The Morgan fingerprint density at radius 2 is 2.00 bits per heavy atom. The second kappa shape index (κ2) is 4.44. The molecule has 1 aromatic carbocycles. The van der Waals surface area contributed by atoms with Crippen molar-refractivity contribution in [1.29, 1.82) is 0 Å². The van der Waals surface area contributed by atoms with Gasteiger partial charge in [-0.15, -0.1) is 0 Å². The van der Waals surface area contributed by atoms with Gasteiger partial charge in [-0.25, -0.2) is 0 Å². The van der Waals surface area contributed by atoms with Gasteiger partial charge in [0.05, 0.1) is 16.7 Å². The zero-order chi connectivity index (χ0) is 15.1. The molecule has 0 amide bonds. The zero-order valence-corrected chi connectivity index (χ0v) is 10.9. The summed E-state index contributed by atoms with van der Waals surface area (Å²) in [5.41, 5.74) is 1.71. The maximum absolute atomic E-state index is 11.5. The quantitative estimate of drug-likeness (QED) is 0.548. The van der Waals surface area contributed by atoms with Crippen molar-refractivity contribution in [3.05, 3.63) is 56.5 Å². The fourth-order valence-electron chi connectivity index (χ4n) is 2.24. The molecule has 0 aliphatic rings. The SMILES string of the molecule is Cc1nn2c(O)cc(=O)[nH]c2c1-c1ccc([N+](=O)[O-])cc1. The number of nitrogens with one attached hydrogen (secondary N) is 1. The molecule has 0 aliphatic carbocycles. The molecule has 21 heavy (non-hydrogen) atoms. The summed E-state index contributed by atoms with van der Waals surface area (Å²) in [4.78, 5) is 24.3. The Morgan fingerprint density at radius 1 is 1.33 bits per heavy atom. The number of non-ortho nitro benzene ring substituents is 1. The summed E-state index contributed by atoms with van der Waals surface area (Å²) >= 11 is 0. The van der Waals surface area contributed by atoms with E-state index in [4.69, 9.17) is 0 Å². The van der Waals surface area contributed by atoms with Gasteiger partial charge in [-0.05, 0) is 24.6 Å². The van der Waals surface area contributed by atoms with Crippen LogP contribution in [0.15, 0.2) is 35.1 Å². The number of aromatic amines is 1. The zero-order valence-electron chi connectivity index (χ0n) is 10.9. The highest BCUT2D eigenvalue weighted by atomic mass is 16.6. The summed E-state index contributed by atoms with van der Waals surface area (Å²) in [6, 6.07) is 6.92. The number of aromatic nitrogens is 3. The Labute approximate surface area is 117 Å². The molecule has 3 rings (SSSR count). The molecule has 3 aromatic rings. The molecule has 0 bridgehead atoms. The van der Waals surface area contributed by atoms with E-state index in [1.165, 1.54) is 16.6 Å². The Bertz CT molecular complexity index is 908. The second-order valence-electron chi connectivity index (χ2n) is 4.52. The highest BCUT2D eigenvalue weighted by molar-refractivity contribution is 5.80. The standard InChI is InChI=1S/C13H10N4O4/c1-7-12(8-2-4-9(5-3-8)17(20)21)13-14-10(18)6-11(19)16(13)15-7/h2-6,19H,1H3,(H,14,18). The number of aromatic hydroxyl groups is 1. The monoisotopic (exact) mass is 286 g/mol. The Kier molecular flexibility index (Phi) is 2.72. The van der Waals surface area contributed by atoms with E-state index in [1.54, 1.807) is 19.1 Å². The van der Waals surface area contributed by atoms with E-state index in [-0.39, 0.29) is 11.6 Å². The van der Waals surface area contributed by atoms with Gasteiger partial charge in [0.25, 0.3) is 11.2 Å². The summed E-state index contributed by atoms with van der Waals surface area (Å²) in [5, 5.41) is 24.6. The van der Waals surface area contributed by atoms with Crippen molar-refractivity contribution in [2.75, 3.05) is 0 Å². The van der Waals surface area contributed by atoms with Gasteiger partial charge in [-0.3, -0.25) is 14.9 Å². The third-order valence-corrected chi connectivity index (χ3v) is 3.15. The van der Waals surface area contributed by atoms with Gasteiger partial charge in [0, 0.05) is 17.7 Å². The van der Waals surface area contributed by atoms with Crippen LogP contribution in [-0.2, 0) is 0 Å². The van der Waals surface area contributed by atoms with Crippen molar-refractivity contribution in [2.45, 2.75) is 6.92 Å². The number of aryl methyl sites for hydroxylation is 1. The highest BCUT2D eigenvalue weighted by Crippen LogP contribution is 2.29. The number of fused-ring (bicyclic) bond motifs is 1. The van der Waals surface area contributed by atoms with E-state index in [9.17, 15) is 20.0 Å². The van der Waals surface area contributed by atoms with Gasteiger partial charge in [-0.2, -0.15) is 9.61 Å². The minimum atomic E-state index is -0.486. The van der Waals surface area contributed by atoms with Crippen LogP contribution in [0.3, 0.4) is 0 Å². The average molecular weight is 286 g/mol. The van der Waals surface area contributed by atoms with Crippen LogP contribution in [0.25, 0.3) is 16.8 Å². The Hall–Kier alpha value is -3.16. The maximum Gasteiger partial charge on any atom is 0.269 e. The molecule has 0 aliphatic heterocycles. The first-order valence-corrected chi connectivity index (χ1v) is 6.04. The lowest BCUT2D eigenvalue weighted by Gasteiger charge is -2.01. The number of benzene rings is 1. The van der Waals surface area contributed by atoms with Crippen molar-refractivity contribution in [3.63, 3.8) is 0 Å². The lowest BCUT2D eigenvalue weighted by molar-refractivity contribution is -0.384. The van der Waals surface area contributed by atoms with Crippen LogP contribution < -0.4 is 5.56 Å². The minimum Gasteiger partial charge on any atom is -0.493 e.